The number of hydrogen-bond acceptors (Lipinski definition) is 4. The van der Waals surface area contributed by atoms with E-state index in [2.05, 4.69) is 5.32 Å². The molecule has 0 atom stereocenters. The number of anilines is 1. The summed E-state index contributed by atoms with van der Waals surface area (Å²) in [7, 11) is 0. The van der Waals surface area contributed by atoms with E-state index < -0.39 is 29.4 Å². The molecule has 1 aliphatic rings. The van der Waals surface area contributed by atoms with E-state index >= 15 is 0 Å². The van der Waals surface area contributed by atoms with Gasteiger partial charge in [0.05, 0.1) is 10.6 Å². The van der Waals surface area contributed by atoms with Crippen molar-refractivity contribution in [3.05, 3.63) is 89.3 Å². The summed E-state index contributed by atoms with van der Waals surface area (Å²) in [6, 6.07) is 18.9. The Balaban J connectivity index is 1.50. The summed E-state index contributed by atoms with van der Waals surface area (Å²) in [6.07, 6.45) is 3.47. The van der Waals surface area contributed by atoms with Crippen molar-refractivity contribution in [2.45, 2.75) is 0 Å². The fourth-order valence-electron chi connectivity index (χ4n) is 3.00. The topological polar surface area (TPSA) is 71.4 Å². The van der Waals surface area contributed by atoms with Gasteiger partial charge in [0.2, 0.25) is 5.91 Å². The molecule has 30 heavy (non-hydrogen) atoms. The van der Waals surface area contributed by atoms with Crippen LogP contribution < -0.4 is 5.32 Å². The average Bonchev–Trinajstić information content (AvgIpc) is 3.31. The van der Waals surface area contributed by atoms with E-state index in [-0.39, 0.29) is 10.6 Å². The van der Waals surface area contributed by atoms with Crippen molar-refractivity contribution in [1.82, 2.24) is 9.47 Å². The van der Waals surface area contributed by atoms with Gasteiger partial charge >= 0.3 is 0 Å². The van der Waals surface area contributed by atoms with Gasteiger partial charge < -0.3 is 9.88 Å². The number of carbonyl (C=O) groups is 3. The maximum Gasteiger partial charge on any atom is 0.294 e. The van der Waals surface area contributed by atoms with E-state index in [1.54, 1.807) is 12.1 Å². The lowest BCUT2D eigenvalue weighted by Gasteiger charge is -2.12. The van der Waals surface area contributed by atoms with Gasteiger partial charge in [0.15, 0.2) is 0 Å². The number of benzene rings is 2. The Morgan fingerprint density at radius 3 is 2.50 bits per heavy atom. The first-order valence-electron chi connectivity index (χ1n) is 9.05. The van der Waals surface area contributed by atoms with E-state index in [4.69, 9.17) is 0 Å². The molecule has 0 saturated carbocycles. The number of halogens is 1. The van der Waals surface area contributed by atoms with Crippen LogP contribution in [0.25, 0.3) is 11.8 Å². The minimum atomic E-state index is -0.656. The third-order valence-electron chi connectivity index (χ3n) is 4.42. The fourth-order valence-corrected chi connectivity index (χ4v) is 3.82. The summed E-state index contributed by atoms with van der Waals surface area (Å²) >= 11 is 0.766. The predicted molar refractivity (Wildman–Crippen MR) is 113 cm³/mol. The van der Waals surface area contributed by atoms with Gasteiger partial charge in [-0.25, -0.2) is 4.39 Å². The molecule has 2 heterocycles. The van der Waals surface area contributed by atoms with Crippen LogP contribution in [0.5, 0.6) is 0 Å². The Labute approximate surface area is 176 Å². The van der Waals surface area contributed by atoms with Gasteiger partial charge in [-0.1, -0.05) is 30.3 Å². The number of hydrogen-bond donors (Lipinski definition) is 1. The Morgan fingerprint density at radius 2 is 1.73 bits per heavy atom. The van der Waals surface area contributed by atoms with Crippen molar-refractivity contribution < 1.29 is 18.8 Å². The highest BCUT2D eigenvalue weighted by molar-refractivity contribution is 8.18. The van der Waals surface area contributed by atoms with Crippen LogP contribution >= 0.6 is 11.8 Å². The molecule has 0 spiro atoms. The van der Waals surface area contributed by atoms with E-state index in [0.717, 1.165) is 28.0 Å². The molecule has 0 radical (unpaired) electrons. The van der Waals surface area contributed by atoms with Crippen molar-refractivity contribution >= 4 is 40.6 Å². The van der Waals surface area contributed by atoms with Crippen molar-refractivity contribution in [3.63, 3.8) is 0 Å². The number of para-hydroxylation sites is 2. The molecule has 8 heteroatoms. The van der Waals surface area contributed by atoms with Gasteiger partial charge in [0, 0.05) is 17.6 Å². The molecule has 1 N–H and O–H groups in total. The van der Waals surface area contributed by atoms with Crippen LogP contribution in [0.2, 0.25) is 0 Å². The van der Waals surface area contributed by atoms with Gasteiger partial charge in [0.25, 0.3) is 11.1 Å². The number of imide groups is 1. The molecule has 3 amide bonds. The number of rotatable bonds is 5. The Hall–Kier alpha value is -3.65. The van der Waals surface area contributed by atoms with Gasteiger partial charge in [-0.2, -0.15) is 0 Å². The second-order valence-electron chi connectivity index (χ2n) is 6.43. The molecule has 1 aromatic heterocycles. The van der Waals surface area contributed by atoms with Gasteiger partial charge in [-0.3, -0.25) is 19.3 Å². The molecule has 2 aromatic carbocycles. The summed E-state index contributed by atoms with van der Waals surface area (Å²) < 4.78 is 15.6. The van der Waals surface area contributed by atoms with E-state index in [9.17, 15) is 18.8 Å². The average molecular weight is 421 g/mol. The minimum Gasteiger partial charge on any atom is -0.322 e. The summed E-state index contributed by atoms with van der Waals surface area (Å²) in [4.78, 5) is 38.3. The van der Waals surface area contributed by atoms with Gasteiger partial charge in [0.1, 0.15) is 12.4 Å². The smallest absolute Gasteiger partial charge is 0.294 e. The number of nitrogens with one attached hydrogen (secondary N) is 1. The van der Waals surface area contributed by atoms with E-state index in [0.29, 0.717) is 0 Å². The van der Waals surface area contributed by atoms with E-state index in [1.807, 2.05) is 53.2 Å². The molecule has 1 aliphatic heterocycles. The van der Waals surface area contributed by atoms with Crippen molar-refractivity contribution in [1.29, 1.82) is 0 Å². The van der Waals surface area contributed by atoms with Crippen LogP contribution in [0.15, 0.2) is 77.8 Å². The standard InChI is InChI=1S/C22H16FN3O3S/c23-17-10-4-5-11-18(17)24-20(27)14-26-21(28)19(30-22(26)29)13-16-9-6-12-25(16)15-7-2-1-3-8-15/h1-13H,14H2,(H,24,27). The highest BCUT2D eigenvalue weighted by Gasteiger charge is 2.36. The largest absolute Gasteiger partial charge is 0.322 e. The maximum atomic E-state index is 13.7. The molecule has 6 nitrogen and oxygen atoms in total. The zero-order chi connectivity index (χ0) is 21.1. The van der Waals surface area contributed by atoms with Gasteiger partial charge in [-0.15, -0.1) is 0 Å². The third kappa shape index (κ3) is 4.04. The van der Waals surface area contributed by atoms with Gasteiger partial charge in [-0.05, 0) is 54.2 Å². The fraction of sp³-hybridized carbons (Fsp3) is 0.0455. The van der Waals surface area contributed by atoms with Crippen molar-refractivity contribution in [3.8, 4) is 5.69 Å². The highest BCUT2D eigenvalue weighted by Crippen LogP contribution is 2.32. The van der Waals surface area contributed by atoms with Crippen LogP contribution in [-0.2, 0) is 9.59 Å². The van der Waals surface area contributed by atoms with Crippen molar-refractivity contribution in [2.24, 2.45) is 0 Å². The SMILES string of the molecule is O=C(CN1C(=O)SC(=Cc2cccn2-c2ccccc2)C1=O)Nc1ccccc1F. The van der Waals surface area contributed by atoms with Crippen LogP contribution in [-0.4, -0.2) is 33.1 Å². The number of amides is 3. The summed E-state index contributed by atoms with van der Waals surface area (Å²) in [5, 5.41) is 1.83. The first-order valence-corrected chi connectivity index (χ1v) is 9.87. The molecule has 0 bridgehead atoms. The number of aromatic nitrogens is 1. The minimum absolute atomic E-state index is 0.00861. The summed E-state index contributed by atoms with van der Waals surface area (Å²) in [6.45, 7) is -0.490. The molecule has 150 valence electrons. The molecular formula is C22H16FN3O3S. The Kier molecular flexibility index (Phi) is 5.49. The molecule has 4 rings (SSSR count). The maximum absolute atomic E-state index is 13.7. The summed E-state index contributed by atoms with van der Waals surface area (Å²) in [5.41, 5.74) is 1.63. The number of nitrogens with zero attached hydrogens (tertiary/aromatic N) is 2. The molecular weight excluding hydrogens is 405 g/mol. The monoisotopic (exact) mass is 421 g/mol. The second-order valence-corrected chi connectivity index (χ2v) is 7.43. The predicted octanol–water partition coefficient (Wildman–Crippen LogP) is 4.29. The van der Waals surface area contributed by atoms with Crippen molar-refractivity contribution in [2.75, 3.05) is 11.9 Å². The molecule has 1 fully saturated rings. The Bertz CT molecular complexity index is 1160. The van der Waals surface area contributed by atoms with Crippen LogP contribution in [0.4, 0.5) is 14.9 Å². The van der Waals surface area contributed by atoms with Crippen LogP contribution in [0, 0.1) is 5.82 Å². The quantitative estimate of drug-likeness (QED) is 0.624. The zero-order valence-corrected chi connectivity index (χ0v) is 16.4. The molecule has 1 saturated heterocycles. The third-order valence-corrected chi connectivity index (χ3v) is 5.32. The van der Waals surface area contributed by atoms with Crippen LogP contribution in [0.3, 0.4) is 0 Å². The second kappa shape index (κ2) is 8.38. The highest BCUT2D eigenvalue weighted by atomic mass is 32.2. The lowest BCUT2D eigenvalue weighted by molar-refractivity contribution is -0.127. The van der Waals surface area contributed by atoms with Crippen LogP contribution in [0.1, 0.15) is 5.69 Å². The zero-order valence-electron chi connectivity index (χ0n) is 15.6. The first-order chi connectivity index (χ1) is 14.5. The molecule has 0 unspecified atom stereocenters. The number of thioether (sulfide) groups is 1. The lowest BCUT2D eigenvalue weighted by Crippen LogP contribution is -2.36. The molecule has 0 aliphatic carbocycles. The number of carbonyl (C=O) groups excluding carboxylic acids is 3. The summed E-state index contributed by atoms with van der Waals surface area (Å²) in [5.74, 6) is -1.81. The first kappa shape index (κ1) is 19.7. The Morgan fingerprint density at radius 1 is 1.00 bits per heavy atom. The molecule has 3 aromatic rings. The normalized spacial score (nSPS) is 15.1. The lowest BCUT2D eigenvalue weighted by atomic mass is 10.3. The van der Waals surface area contributed by atoms with E-state index in [1.165, 1.54) is 18.2 Å².